The maximum atomic E-state index is 10.3. The van der Waals surface area contributed by atoms with Crippen molar-refractivity contribution < 1.29 is 9.84 Å². The van der Waals surface area contributed by atoms with Crippen molar-refractivity contribution in [2.24, 2.45) is 0 Å². The summed E-state index contributed by atoms with van der Waals surface area (Å²) in [6, 6.07) is 0.772. The molecule has 0 bridgehead atoms. The highest BCUT2D eigenvalue weighted by Crippen LogP contribution is 2.22. The van der Waals surface area contributed by atoms with Gasteiger partial charge in [-0.05, 0) is 26.2 Å². The molecule has 1 saturated heterocycles. The van der Waals surface area contributed by atoms with Crippen LogP contribution in [0.3, 0.4) is 0 Å². The maximum Gasteiger partial charge on any atom is 0.0695 e. The molecule has 1 fully saturated rings. The number of rotatable bonds is 6. The first-order valence-corrected chi connectivity index (χ1v) is 7.19. The SMILES string of the molecule is CCCC(O)C(CC)N1CC(C)OCC1CC. The average Bonchev–Trinajstić information content (AvgIpc) is 2.31. The van der Waals surface area contributed by atoms with Crippen LogP contribution in [-0.2, 0) is 4.74 Å². The molecule has 1 N–H and O–H groups in total. The monoisotopic (exact) mass is 243 g/mol. The summed E-state index contributed by atoms with van der Waals surface area (Å²) in [5, 5.41) is 10.3. The molecule has 0 aromatic heterocycles. The fourth-order valence-electron chi connectivity index (χ4n) is 2.84. The second-order valence-corrected chi connectivity index (χ2v) is 5.23. The van der Waals surface area contributed by atoms with E-state index in [1.54, 1.807) is 0 Å². The Morgan fingerprint density at radius 2 is 2.06 bits per heavy atom. The molecule has 3 heteroatoms. The van der Waals surface area contributed by atoms with Crippen molar-refractivity contribution in [1.82, 2.24) is 4.90 Å². The molecule has 0 aromatic rings. The first-order valence-electron chi connectivity index (χ1n) is 7.19. The van der Waals surface area contributed by atoms with E-state index >= 15 is 0 Å². The third-order valence-corrected chi connectivity index (χ3v) is 3.85. The Balaban J connectivity index is 2.68. The number of hydrogen-bond donors (Lipinski definition) is 1. The van der Waals surface area contributed by atoms with Crippen LogP contribution in [0.5, 0.6) is 0 Å². The summed E-state index contributed by atoms with van der Waals surface area (Å²) in [6.45, 7) is 10.4. The van der Waals surface area contributed by atoms with Crippen LogP contribution in [-0.4, -0.2) is 47.4 Å². The molecule has 1 aliphatic rings. The standard InChI is InChI=1S/C14H29NO2/c1-5-8-14(16)13(7-3)15-9-11(4)17-10-12(15)6-2/h11-14,16H,5-10H2,1-4H3. The number of aliphatic hydroxyl groups is 1. The maximum absolute atomic E-state index is 10.3. The summed E-state index contributed by atoms with van der Waals surface area (Å²) >= 11 is 0. The van der Waals surface area contributed by atoms with Gasteiger partial charge in [0, 0.05) is 18.6 Å². The second-order valence-electron chi connectivity index (χ2n) is 5.23. The Hall–Kier alpha value is -0.120. The Morgan fingerprint density at radius 1 is 1.35 bits per heavy atom. The lowest BCUT2D eigenvalue weighted by atomic mass is 9.98. The summed E-state index contributed by atoms with van der Waals surface area (Å²) in [6.07, 6.45) is 4.17. The molecule has 17 heavy (non-hydrogen) atoms. The van der Waals surface area contributed by atoms with Gasteiger partial charge >= 0.3 is 0 Å². The minimum Gasteiger partial charge on any atom is -0.391 e. The minimum atomic E-state index is -0.190. The van der Waals surface area contributed by atoms with Gasteiger partial charge in [0.25, 0.3) is 0 Å². The van der Waals surface area contributed by atoms with Crippen LogP contribution in [0.4, 0.5) is 0 Å². The first kappa shape index (κ1) is 14.9. The predicted molar refractivity (Wildman–Crippen MR) is 71.2 cm³/mol. The summed E-state index contributed by atoms with van der Waals surface area (Å²) in [5.74, 6) is 0. The van der Waals surface area contributed by atoms with Crippen molar-refractivity contribution in [3.63, 3.8) is 0 Å². The Morgan fingerprint density at radius 3 is 2.59 bits per heavy atom. The van der Waals surface area contributed by atoms with E-state index in [1.165, 1.54) is 0 Å². The highest BCUT2D eigenvalue weighted by molar-refractivity contribution is 4.86. The van der Waals surface area contributed by atoms with Gasteiger partial charge in [-0.15, -0.1) is 0 Å². The van der Waals surface area contributed by atoms with E-state index in [4.69, 9.17) is 4.74 Å². The third-order valence-electron chi connectivity index (χ3n) is 3.85. The average molecular weight is 243 g/mol. The van der Waals surface area contributed by atoms with Crippen molar-refractivity contribution in [3.05, 3.63) is 0 Å². The fourth-order valence-corrected chi connectivity index (χ4v) is 2.84. The zero-order chi connectivity index (χ0) is 12.8. The van der Waals surface area contributed by atoms with Gasteiger partial charge in [-0.25, -0.2) is 0 Å². The molecule has 3 nitrogen and oxygen atoms in total. The second kappa shape index (κ2) is 7.34. The molecule has 0 aliphatic carbocycles. The van der Waals surface area contributed by atoms with E-state index in [1.807, 2.05) is 0 Å². The van der Waals surface area contributed by atoms with Gasteiger partial charge in [0.2, 0.25) is 0 Å². The van der Waals surface area contributed by atoms with E-state index in [0.717, 1.165) is 38.8 Å². The van der Waals surface area contributed by atoms with Crippen molar-refractivity contribution in [2.45, 2.75) is 77.7 Å². The van der Waals surface area contributed by atoms with Crippen molar-refractivity contribution in [3.8, 4) is 0 Å². The molecule has 0 spiro atoms. The number of ether oxygens (including phenoxy) is 1. The van der Waals surface area contributed by atoms with E-state index < -0.39 is 0 Å². The predicted octanol–water partition coefficient (Wildman–Crippen LogP) is 2.43. The number of nitrogens with zero attached hydrogens (tertiary/aromatic N) is 1. The van der Waals surface area contributed by atoms with Gasteiger partial charge in [-0.3, -0.25) is 4.90 Å². The topological polar surface area (TPSA) is 32.7 Å². The lowest BCUT2D eigenvalue weighted by molar-refractivity contribution is -0.0943. The van der Waals surface area contributed by atoms with Crippen LogP contribution in [0.2, 0.25) is 0 Å². The number of morpholine rings is 1. The molecule has 1 heterocycles. The van der Waals surface area contributed by atoms with Crippen molar-refractivity contribution in [1.29, 1.82) is 0 Å². The van der Waals surface area contributed by atoms with E-state index in [2.05, 4.69) is 32.6 Å². The molecule has 0 radical (unpaired) electrons. The summed E-state index contributed by atoms with van der Waals surface area (Å²) in [7, 11) is 0. The number of hydrogen-bond acceptors (Lipinski definition) is 3. The molecule has 1 aliphatic heterocycles. The molecular weight excluding hydrogens is 214 g/mol. The van der Waals surface area contributed by atoms with Gasteiger partial charge in [0.1, 0.15) is 0 Å². The Bertz CT molecular complexity index is 210. The highest BCUT2D eigenvalue weighted by atomic mass is 16.5. The van der Waals surface area contributed by atoms with Crippen molar-refractivity contribution in [2.75, 3.05) is 13.2 Å². The Kier molecular flexibility index (Phi) is 6.45. The van der Waals surface area contributed by atoms with Gasteiger partial charge in [0.15, 0.2) is 0 Å². The molecule has 0 saturated carbocycles. The minimum absolute atomic E-state index is 0.190. The molecule has 0 aromatic carbocycles. The number of aliphatic hydroxyl groups excluding tert-OH is 1. The van der Waals surface area contributed by atoms with Crippen LogP contribution in [0.1, 0.15) is 53.4 Å². The zero-order valence-electron chi connectivity index (χ0n) is 11.9. The van der Waals surface area contributed by atoms with Gasteiger partial charge in [-0.2, -0.15) is 0 Å². The van der Waals surface area contributed by atoms with Gasteiger partial charge in [-0.1, -0.05) is 27.2 Å². The molecule has 0 amide bonds. The summed E-state index contributed by atoms with van der Waals surface area (Å²) in [5.41, 5.74) is 0. The summed E-state index contributed by atoms with van der Waals surface area (Å²) in [4.78, 5) is 2.48. The molecule has 1 rings (SSSR count). The quantitative estimate of drug-likeness (QED) is 0.777. The van der Waals surface area contributed by atoms with Gasteiger partial charge in [0.05, 0.1) is 18.8 Å². The van der Waals surface area contributed by atoms with Crippen LogP contribution in [0.15, 0.2) is 0 Å². The third kappa shape index (κ3) is 3.94. The zero-order valence-corrected chi connectivity index (χ0v) is 11.9. The fraction of sp³-hybridized carbons (Fsp3) is 1.00. The first-order chi connectivity index (χ1) is 8.13. The Labute approximate surface area is 106 Å². The molecule has 102 valence electrons. The normalized spacial score (nSPS) is 30.2. The van der Waals surface area contributed by atoms with E-state index in [-0.39, 0.29) is 6.10 Å². The smallest absolute Gasteiger partial charge is 0.0695 e. The van der Waals surface area contributed by atoms with E-state index in [9.17, 15) is 5.11 Å². The van der Waals surface area contributed by atoms with Crippen LogP contribution in [0, 0.1) is 0 Å². The van der Waals surface area contributed by atoms with Crippen molar-refractivity contribution >= 4 is 0 Å². The largest absolute Gasteiger partial charge is 0.391 e. The molecular formula is C14H29NO2. The lowest BCUT2D eigenvalue weighted by Gasteiger charge is -2.44. The molecule has 4 unspecified atom stereocenters. The lowest BCUT2D eigenvalue weighted by Crippen LogP contribution is -2.56. The highest BCUT2D eigenvalue weighted by Gasteiger charge is 2.33. The molecule has 4 atom stereocenters. The van der Waals surface area contributed by atoms with Crippen LogP contribution >= 0.6 is 0 Å². The van der Waals surface area contributed by atoms with Crippen LogP contribution in [0.25, 0.3) is 0 Å². The van der Waals surface area contributed by atoms with E-state index in [0.29, 0.717) is 18.2 Å². The van der Waals surface area contributed by atoms with Gasteiger partial charge < -0.3 is 9.84 Å². The summed E-state index contributed by atoms with van der Waals surface area (Å²) < 4.78 is 5.72. The van der Waals surface area contributed by atoms with Crippen LogP contribution < -0.4 is 0 Å².